The highest BCUT2D eigenvalue weighted by molar-refractivity contribution is 5.74. The van der Waals surface area contributed by atoms with Crippen LogP contribution in [0.15, 0.2) is 88.5 Å². The summed E-state index contributed by atoms with van der Waals surface area (Å²) in [5.74, 6) is 1.12. The highest BCUT2D eigenvalue weighted by Crippen LogP contribution is 2.33. The first-order valence-corrected chi connectivity index (χ1v) is 10.7. The first-order chi connectivity index (χ1) is 16.0. The first-order valence-electron chi connectivity index (χ1n) is 10.7. The van der Waals surface area contributed by atoms with Gasteiger partial charge in [-0.3, -0.25) is 9.59 Å². The van der Waals surface area contributed by atoms with Crippen LogP contribution < -0.4 is 30.5 Å². The number of rotatable bonds is 9. The fourth-order valence-corrected chi connectivity index (χ4v) is 3.86. The predicted octanol–water partition coefficient (Wildman–Crippen LogP) is 4.99. The van der Waals surface area contributed by atoms with Gasteiger partial charge in [-0.1, -0.05) is 43.3 Å². The van der Waals surface area contributed by atoms with Gasteiger partial charge in [-0.05, 0) is 53.9 Å². The molecule has 0 aliphatic carbocycles. The largest absolute Gasteiger partial charge is 0.497 e. The van der Waals surface area contributed by atoms with Gasteiger partial charge in [0, 0.05) is 23.6 Å². The van der Waals surface area contributed by atoms with E-state index in [0.29, 0.717) is 5.69 Å². The van der Waals surface area contributed by atoms with E-state index in [9.17, 15) is 9.59 Å². The van der Waals surface area contributed by atoms with E-state index < -0.39 is 10.9 Å². The van der Waals surface area contributed by atoms with Gasteiger partial charge < -0.3 is 19.7 Å². The Hall–Kier alpha value is -4.06. The lowest BCUT2D eigenvalue weighted by Crippen LogP contribution is -2.34. The van der Waals surface area contributed by atoms with Crippen molar-refractivity contribution >= 4 is 22.7 Å². The van der Waals surface area contributed by atoms with Crippen LogP contribution in [0.5, 0.6) is 11.5 Å². The zero-order valence-corrected chi connectivity index (χ0v) is 18.9. The smallest absolute Gasteiger partial charge is 0.272 e. The molecule has 0 saturated carbocycles. The molecular weight excluding hydrogens is 416 g/mol. The van der Waals surface area contributed by atoms with Gasteiger partial charge in [0.15, 0.2) is 5.75 Å². The first kappa shape index (κ1) is 22.1. The molecule has 6 nitrogen and oxygen atoms in total. The molecule has 0 fully saturated rings. The van der Waals surface area contributed by atoms with Crippen molar-refractivity contribution in [2.45, 2.75) is 12.8 Å². The monoisotopic (exact) mass is 442 g/mol. The van der Waals surface area contributed by atoms with E-state index in [1.165, 1.54) is 12.7 Å². The lowest BCUT2D eigenvalue weighted by Gasteiger charge is -2.29. The molecule has 4 aromatic carbocycles. The Morgan fingerprint density at radius 1 is 0.818 bits per heavy atom. The molecule has 168 valence electrons. The molecule has 0 spiro atoms. The molecule has 0 radical (unpaired) electrons. The summed E-state index contributed by atoms with van der Waals surface area (Å²) < 4.78 is 10.4. The highest BCUT2D eigenvalue weighted by atomic mass is 16.5. The van der Waals surface area contributed by atoms with E-state index >= 15 is 0 Å². The molecule has 1 atom stereocenters. The van der Waals surface area contributed by atoms with Crippen molar-refractivity contribution < 1.29 is 9.47 Å². The van der Waals surface area contributed by atoms with Crippen LogP contribution in [-0.2, 0) is 0 Å². The number of hydrogen-bond donors (Lipinski definition) is 1. The van der Waals surface area contributed by atoms with Crippen molar-refractivity contribution in [2.24, 2.45) is 0 Å². The topological polar surface area (TPSA) is 67.9 Å². The molecule has 1 unspecified atom stereocenters. The standard InChI is InChI=1S/C27H26N2O4/c1-18(19-8-5-4-6-9-19)17-29(21-12-14-23(32-2)15-13-21)22-11-7-10-20(16-22)28-24-25(30)26(31)27(24)33-3/h4-16,18,28H,17H2,1-3H3. The molecule has 0 bridgehead atoms. The summed E-state index contributed by atoms with van der Waals surface area (Å²) in [6.45, 7) is 2.94. The number of hydrogen-bond acceptors (Lipinski definition) is 6. The maximum Gasteiger partial charge on any atom is 0.272 e. The second-order valence-electron chi connectivity index (χ2n) is 7.86. The van der Waals surface area contributed by atoms with Crippen LogP contribution in [0.4, 0.5) is 22.7 Å². The number of ether oxygens (including phenoxy) is 2. The second-order valence-corrected chi connectivity index (χ2v) is 7.86. The summed E-state index contributed by atoms with van der Waals surface area (Å²) in [4.78, 5) is 25.9. The Kier molecular flexibility index (Phi) is 6.45. The van der Waals surface area contributed by atoms with Gasteiger partial charge in [0.1, 0.15) is 11.4 Å². The number of methoxy groups -OCH3 is 2. The molecule has 0 aliphatic heterocycles. The van der Waals surface area contributed by atoms with E-state index in [1.54, 1.807) is 7.11 Å². The molecule has 0 amide bonds. The number of anilines is 4. The molecule has 0 saturated heterocycles. The molecule has 4 aromatic rings. The van der Waals surface area contributed by atoms with Crippen molar-refractivity contribution in [3.8, 4) is 11.5 Å². The summed E-state index contributed by atoms with van der Waals surface area (Å²) in [6.07, 6.45) is 0. The normalized spacial score (nSPS) is 11.7. The third kappa shape index (κ3) is 4.60. The van der Waals surface area contributed by atoms with Crippen LogP contribution in [0.3, 0.4) is 0 Å². The fourth-order valence-electron chi connectivity index (χ4n) is 3.86. The van der Waals surface area contributed by atoms with E-state index in [-0.39, 0.29) is 17.4 Å². The molecular formula is C27H26N2O4. The third-order valence-electron chi connectivity index (χ3n) is 5.71. The van der Waals surface area contributed by atoms with Crippen LogP contribution >= 0.6 is 0 Å². The van der Waals surface area contributed by atoms with Crippen LogP contribution in [0.2, 0.25) is 0 Å². The molecule has 33 heavy (non-hydrogen) atoms. The Labute approximate surface area is 192 Å². The molecule has 6 heteroatoms. The zero-order chi connectivity index (χ0) is 23.4. The van der Waals surface area contributed by atoms with Gasteiger partial charge in [-0.25, -0.2) is 0 Å². The minimum atomic E-state index is -0.604. The molecule has 0 aliphatic rings. The van der Waals surface area contributed by atoms with Crippen molar-refractivity contribution in [1.29, 1.82) is 0 Å². The average Bonchev–Trinajstić information content (AvgIpc) is 2.87. The summed E-state index contributed by atoms with van der Waals surface area (Å²) >= 11 is 0. The Balaban J connectivity index is 1.67. The molecule has 1 N–H and O–H groups in total. The van der Waals surface area contributed by atoms with Gasteiger partial charge in [-0.15, -0.1) is 0 Å². The minimum Gasteiger partial charge on any atom is -0.497 e. The second kappa shape index (κ2) is 9.61. The third-order valence-corrected chi connectivity index (χ3v) is 5.71. The Bertz CT molecular complexity index is 1290. The summed E-state index contributed by atoms with van der Waals surface area (Å²) in [6, 6.07) is 26.0. The van der Waals surface area contributed by atoms with Crippen LogP contribution in [-0.4, -0.2) is 20.8 Å². The summed E-state index contributed by atoms with van der Waals surface area (Å²) in [5.41, 5.74) is 2.93. The highest BCUT2D eigenvalue weighted by Gasteiger charge is 2.22. The van der Waals surface area contributed by atoms with Crippen LogP contribution in [0.25, 0.3) is 0 Å². The summed E-state index contributed by atoms with van der Waals surface area (Å²) in [7, 11) is 3.03. The Morgan fingerprint density at radius 3 is 2.21 bits per heavy atom. The Morgan fingerprint density at radius 2 is 1.55 bits per heavy atom. The molecule has 0 aromatic heterocycles. The SMILES string of the molecule is COc1ccc(N(CC(C)c2ccccc2)c2cccc(Nc3c(OC)c(=O)c3=O)c2)cc1. The lowest BCUT2D eigenvalue weighted by atomic mass is 10.00. The quantitative estimate of drug-likeness (QED) is 0.369. The van der Waals surface area contributed by atoms with E-state index in [4.69, 9.17) is 9.47 Å². The zero-order valence-electron chi connectivity index (χ0n) is 18.9. The summed E-state index contributed by atoms with van der Waals surface area (Å²) in [5, 5.41) is 3.05. The van der Waals surface area contributed by atoms with Crippen LogP contribution in [0, 0.1) is 0 Å². The maximum atomic E-state index is 12.0. The van der Waals surface area contributed by atoms with Crippen molar-refractivity contribution in [1.82, 2.24) is 0 Å². The van der Waals surface area contributed by atoms with Gasteiger partial charge >= 0.3 is 0 Å². The van der Waals surface area contributed by atoms with Gasteiger partial charge in [0.05, 0.1) is 14.2 Å². The molecule has 4 rings (SSSR count). The fraction of sp³-hybridized carbons (Fsp3) is 0.185. The minimum absolute atomic E-state index is 0.0649. The molecule has 0 heterocycles. The van der Waals surface area contributed by atoms with Crippen molar-refractivity contribution in [3.05, 3.63) is 105 Å². The van der Waals surface area contributed by atoms with E-state index in [2.05, 4.69) is 29.3 Å². The van der Waals surface area contributed by atoms with E-state index in [0.717, 1.165) is 23.7 Å². The van der Waals surface area contributed by atoms with Gasteiger partial charge in [-0.2, -0.15) is 0 Å². The lowest BCUT2D eigenvalue weighted by molar-refractivity contribution is 0.408. The maximum absolute atomic E-state index is 12.0. The van der Waals surface area contributed by atoms with Crippen molar-refractivity contribution in [2.75, 3.05) is 31.0 Å². The van der Waals surface area contributed by atoms with Crippen LogP contribution in [0.1, 0.15) is 18.4 Å². The van der Waals surface area contributed by atoms with Gasteiger partial charge in [0.25, 0.3) is 10.9 Å². The average molecular weight is 443 g/mol. The van der Waals surface area contributed by atoms with E-state index in [1.807, 2.05) is 66.7 Å². The number of nitrogens with one attached hydrogen (secondary N) is 1. The van der Waals surface area contributed by atoms with Gasteiger partial charge in [0.2, 0.25) is 0 Å². The number of nitrogens with zero attached hydrogens (tertiary/aromatic N) is 1. The predicted molar refractivity (Wildman–Crippen MR) is 132 cm³/mol. The van der Waals surface area contributed by atoms with Crippen molar-refractivity contribution in [3.63, 3.8) is 0 Å². The number of benzene rings is 3.